The van der Waals surface area contributed by atoms with Crippen LogP contribution in [0.25, 0.3) is 0 Å². The molecule has 0 saturated carbocycles. The van der Waals surface area contributed by atoms with Crippen molar-refractivity contribution < 1.29 is 8.85 Å². The predicted octanol–water partition coefficient (Wildman–Crippen LogP) is 5.11. The molecule has 0 bridgehead atoms. The summed E-state index contributed by atoms with van der Waals surface area (Å²) in [6.07, 6.45) is 0. The molecular formula is C24H34O2Si2. The lowest BCUT2D eigenvalue weighted by molar-refractivity contribution is 0.275. The van der Waals surface area contributed by atoms with Crippen molar-refractivity contribution in [1.29, 1.82) is 0 Å². The van der Waals surface area contributed by atoms with Gasteiger partial charge in [-0.25, -0.2) is 0 Å². The standard InChI is InChI=1S/C24H34O2Si2/c1-20-19-28(22-13-9-7-10-14-22,23-15-11-8-12-16-23)26-18-21(20)17-25-27(5,6)24(2,3)4/h7-16H,17-19H2,1-6H3. The first-order valence-electron chi connectivity index (χ1n) is 10.2. The fraction of sp³-hybridized carbons (Fsp3) is 0.417. The van der Waals surface area contributed by atoms with Crippen LogP contribution in [0, 0.1) is 0 Å². The Labute approximate surface area is 172 Å². The second kappa shape index (κ2) is 8.11. The Hall–Kier alpha value is -1.47. The zero-order chi connectivity index (χ0) is 20.4. The topological polar surface area (TPSA) is 18.5 Å². The van der Waals surface area contributed by atoms with Crippen LogP contribution in [0.4, 0.5) is 0 Å². The lowest BCUT2D eigenvalue weighted by Crippen LogP contribution is -2.62. The summed E-state index contributed by atoms with van der Waals surface area (Å²) in [5, 5.41) is 2.93. The van der Waals surface area contributed by atoms with Crippen molar-refractivity contribution in [2.24, 2.45) is 0 Å². The molecule has 28 heavy (non-hydrogen) atoms. The molecule has 0 spiro atoms. The Morgan fingerprint density at radius 3 is 1.86 bits per heavy atom. The van der Waals surface area contributed by atoms with E-state index in [0.29, 0.717) is 13.2 Å². The van der Waals surface area contributed by atoms with Crippen LogP contribution in [0.15, 0.2) is 71.8 Å². The van der Waals surface area contributed by atoms with Gasteiger partial charge in [0.25, 0.3) is 8.32 Å². The first kappa shape index (κ1) is 21.2. The van der Waals surface area contributed by atoms with Crippen LogP contribution in [-0.4, -0.2) is 29.8 Å². The Balaban J connectivity index is 1.89. The minimum Gasteiger partial charge on any atom is -0.413 e. The summed E-state index contributed by atoms with van der Waals surface area (Å²) in [5.41, 5.74) is 2.78. The van der Waals surface area contributed by atoms with Crippen LogP contribution in [0.1, 0.15) is 27.7 Å². The molecule has 0 N–H and O–H groups in total. The minimum absolute atomic E-state index is 0.226. The third-order valence-electron chi connectivity index (χ3n) is 6.50. The fourth-order valence-electron chi connectivity index (χ4n) is 3.48. The van der Waals surface area contributed by atoms with E-state index in [1.54, 1.807) is 0 Å². The molecule has 150 valence electrons. The predicted molar refractivity (Wildman–Crippen MR) is 125 cm³/mol. The molecule has 0 atom stereocenters. The maximum absolute atomic E-state index is 6.79. The number of allylic oxidation sites excluding steroid dienone is 1. The van der Waals surface area contributed by atoms with Crippen molar-refractivity contribution in [3.8, 4) is 0 Å². The maximum Gasteiger partial charge on any atom is 0.260 e. The molecule has 0 aliphatic carbocycles. The molecule has 1 aliphatic rings. The Morgan fingerprint density at radius 1 is 0.929 bits per heavy atom. The molecule has 2 aromatic carbocycles. The number of benzene rings is 2. The zero-order valence-electron chi connectivity index (χ0n) is 18.2. The van der Waals surface area contributed by atoms with E-state index in [2.05, 4.69) is 101 Å². The van der Waals surface area contributed by atoms with Crippen molar-refractivity contribution in [2.45, 2.75) is 51.9 Å². The SMILES string of the molecule is CC1=C(CO[Si](C)(C)C(C)(C)C)CO[Si](c2ccccc2)(c2ccccc2)C1. The fourth-order valence-corrected chi connectivity index (χ4v) is 8.51. The molecule has 2 aromatic rings. The van der Waals surface area contributed by atoms with Crippen LogP contribution < -0.4 is 10.4 Å². The molecule has 1 heterocycles. The molecule has 0 fully saturated rings. The lowest BCUT2D eigenvalue weighted by atomic mass is 10.2. The van der Waals surface area contributed by atoms with E-state index in [4.69, 9.17) is 8.85 Å². The quantitative estimate of drug-likeness (QED) is 0.503. The van der Waals surface area contributed by atoms with Crippen molar-refractivity contribution in [3.63, 3.8) is 0 Å². The van der Waals surface area contributed by atoms with Crippen molar-refractivity contribution in [3.05, 3.63) is 71.8 Å². The average molecular weight is 411 g/mol. The summed E-state index contributed by atoms with van der Waals surface area (Å²) in [7, 11) is -4.01. The highest BCUT2D eigenvalue weighted by Gasteiger charge is 2.43. The van der Waals surface area contributed by atoms with E-state index < -0.39 is 16.6 Å². The van der Waals surface area contributed by atoms with Gasteiger partial charge in [0.1, 0.15) is 0 Å². The molecular weight excluding hydrogens is 376 g/mol. The largest absolute Gasteiger partial charge is 0.413 e. The van der Waals surface area contributed by atoms with E-state index in [1.807, 2.05) is 0 Å². The van der Waals surface area contributed by atoms with Gasteiger partial charge in [0, 0.05) is 0 Å². The average Bonchev–Trinajstić information content (AvgIpc) is 2.67. The van der Waals surface area contributed by atoms with Gasteiger partial charge < -0.3 is 8.85 Å². The van der Waals surface area contributed by atoms with Crippen molar-refractivity contribution >= 4 is 27.0 Å². The minimum atomic E-state index is -2.25. The molecule has 0 aromatic heterocycles. The lowest BCUT2D eigenvalue weighted by Gasteiger charge is -2.40. The van der Waals surface area contributed by atoms with Crippen LogP contribution in [-0.2, 0) is 8.85 Å². The Morgan fingerprint density at radius 2 is 1.43 bits per heavy atom. The molecule has 2 nitrogen and oxygen atoms in total. The highest BCUT2D eigenvalue weighted by atomic mass is 28.4. The Bertz CT molecular complexity index is 781. The van der Waals surface area contributed by atoms with Gasteiger partial charge in [-0.1, -0.05) is 87.0 Å². The smallest absolute Gasteiger partial charge is 0.260 e. The zero-order valence-corrected chi connectivity index (χ0v) is 20.2. The summed E-state index contributed by atoms with van der Waals surface area (Å²) in [6.45, 7) is 15.2. The van der Waals surface area contributed by atoms with E-state index in [-0.39, 0.29) is 5.04 Å². The molecule has 0 unspecified atom stereocenters. The third kappa shape index (κ3) is 4.25. The molecule has 0 saturated heterocycles. The first-order valence-corrected chi connectivity index (χ1v) is 15.2. The van der Waals surface area contributed by atoms with Crippen LogP contribution in [0.5, 0.6) is 0 Å². The Kier molecular flexibility index (Phi) is 6.15. The van der Waals surface area contributed by atoms with Gasteiger partial charge in [-0.3, -0.25) is 0 Å². The van der Waals surface area contributed by atoms with Gasteiger partial charge in [-0.15, -0.1) is 0 Å². The van der Waals surface area contributed by atoms with Gasteiger partial charge >= 0.3 is 0 Å². The van der Waals surface area contributed by atoms with E-state index in [0.717, 1.165) is 6.04 Å². The van der Waals surface area contributed by atoms with Gasteiger partial charge in [-0.2, -0.15) is 0 Å². The first-order chi connectivity index (χ1) is 13.2. The summed E-state index contributed by atoms with van der Waals surface area (Å²) >= 11 is 0. The summed E-state index contributed by atoms with van der Waals surface area (Å²) in [6, 6.07) is 22.6. The van der Waals surface area contributed by atoms with Crippen LogP contribution >= 0.6 is 0 Å². The molecule has 3 rings (SSSR count). The van der Waals surface area contributed by atoms with Crippen LogP contribution in [0.2, 0.25) is 24.2 Å². The van der Waals surface area contributed by atoms with Crippen LogP contribution in [0.3, 0.4) is 0 Å². The van der Waals surface area contributed by atoms with E-state index in [9.17, 15) is 0 Å². The maximum atomic E-state index is 6.79. The molecule has 0 radical (unpaired) electrons. The van der Waals surface area contributed by atoms with Gasteiger partial charge in [0.15, 0.2) is 8.32 Å². The molecule has 4 heteroatoms. The monoisotopic (exact) mass is 410 g/mol. The second-order valence-electron chi connectivity index (χ2n) is 9.46. The number of rotatable bonds is 5. The second-order valence-corrected chi connectivity index (χ2v) is 17.7. The van der Waals surface area contributed by atoms with Gasteiger partial charge in [0.05, 0.1) is 13.2 Å². The highest BCUT2D eigenvalue weighted by molar-refractivity contribution is 6.98. The van der Waals surface area contributed by atoms with E-state index >= 15 is 0 Å². The highest BCUT2D eigenvalue weighted by Crippen LogP contribution is 2.37. The number of hydrogen-bond acceptors (Lipinski definition) is 2. The summed E-state index contributed by atoms with van der Waals surface area (Å²) in [4.78, 5) is 0. The summed E-state index contributed by atoms with van der Waals surface area (Å²) in [5.74, 6) is 0. The van der Waals surface area contributed by atoms with E-state index in [1.165, 1.54) is 21.5 Å². The van der Waals surface area contributed by atoms with Crippen molar-refractivity contribution in [1.82, 2.24) is 0 Å². The molecule has 0 amide bonds. The third-order valence-corrected chi connectivity index (χ3v) is 15.2. The summed E-state index contributed by atoms with van der Waals surface area (Å²) < 4.78 is 13.3. The van der Waals surface area contributed by atoms with Gasteiger partial charge in [-0.05, 0) is 47.0 Å². The number of hydrogen-bond donors (Lipinski definition) is 0. The van der Waals surface area contributed by atoms with Crippen molar-refractivity contribution in [2.75, 3.05) is 13.2 Å². The van der Waals surface area contributed by atoms with Gasteiger partial charge in [0.2, 0.25) is 0 Å². The molecule has 1 aliphatic heterocycles. The normalized spacial score (nSPS) is 17.6.